The molecule has 0 atom stereocenters. The number of piperidine rings is 1. The van der Waals surface area contributed by atoms with Crippen LogP contribution in [0.2, 0.25) is 0 Å². The number of likely N-dealkylation sites (tertiary alicyclic amines) is 1. The molecule has 26 heavy (non-hydrogen) atoms. The molecule has 1 aromatic rings. The van der Waals surface area contributed by atoms with Crippen LogP contribution in [0.25, 0.3) is 0 Å². The maximum Gasteiger partial charge on any atom is 0.239 e. The van der Waals surface area contributed by atoms with Crippen LogP contribution in [-0.4, -0.2) is 65.6 Å². The van der Waals surface area contributed by atoms with E-state index in [4.69, 9.17) is 0 Å². The van der Waals surface area contributed by atoms with Crippen LogP contribution < -0.4 is 15.5 Å². The van der Waals surface area contributed by atoms with Gasteiger partial charge in [-0.05, 0) is 19.3 Å². The molecule has 0 saturated carbocycles. The zero-order chi connectivity index (χ0) is 18.8. The van der Waals surface area contributed by atoms with E-state index in [0.717, 1.165) is 18.8 Å². The molecular formula is C17H29N6O2S+. The summed E-state index contributed by atoms with van der Waals surface area (Å²) in [4.78, 5) is 24.6. The highest BCUT2D eigenvalue weighted by Crippen LogP contribution is 2.17. The Morgan fingerprint density at radius 3 is 2.73 bits per heavy atom. The molecule has 0 spiro atoms. The smallest absolute Gasteiger partial charge is 0.239 e. The zero-order valence-corrected chi connectivity index (χ0v) is 16.2. The normalized spacial score (nSPS) is 14.8. The molecule has 2 heterocycles. The van der Waals surface area contributed by atoms with Crippen molar-refractivity contribution >= 4 is 23.6 Å². The minimum atomic E-state index is -0.222. The van der Waals surface area contributed by atoms with Gasteiger partial charge in [-0.15, -0.1) is 16.8 Å². The van der Waals surface area contributed by atoms with Gasteiger partial charge in [-0.3, -0.25) is 9.59 Å². The molecule has 0 aliphatic carbocycles. The molecule has 1 saturated heterocycles. The Labute approximate surface area is 158 Å². The van der Waals surface area contributed by atoms with Gasteiger partial charge in [0, 0.05) is 13.6 Å². The van der Waals surface area contributed by atoms with E-state index in [1.54, 1.807) is 4.90 Å². The van der Waals surface area contributed by atoms with E-state index in [-0.39, 0.29) is 24.1 Å². The Kier molecular flexibility index (Phi) is 8.63. The number of rotatable bonds is 10. The average molecular weight is 382 g/mol. The van der Waals surface area contributed by atoms with E-state index in [2.05, 4.69) is 27.4 Å². The summed E-state index contributed by atoms with van der Waals surface area (Å²) in [6.07, 6.45) is 6.65. The van der Waals surface area contributed by atoms with Crippen molar-refractivity contribution in [1.29, 1.82) is 0 Å². The third kappa shape index (κ3) is 6.45. The molecule has 3 N–H and O–H groups in total. The topological polar surface area (TPSA) is 93.3 Å². The summed E-state index contributed by atoms with van der Waals surface area (Å²) in [5, 5.41) is 14.3. The second kappa shape index (κ2) is 11.0. The molecule has 2 amide bonds. The van der Waals surface area contributed by atoms with E-state index in [1.807, 2.05) is 10.6 Å². The van der Waals surface area contributed by atoms with Gasteiger partial charge in [-0.2, -0.15) is 0 Å². The molecule has 8 nitrogen and oxygen atoms in total. The molecule has 144 valence electrons. The van der Waals surface area contributed by atoms with Crippen LogP contribution in [0.1, 0.15) is 25.1 Å². The summed E-state index contributed by atoms with van der Waals surface area (Å²) in [6, 6.07) is 0. The monoisotopic (exact) mass is 381 g/mol. The van der Waals surface area contributed by atoms with Gasteiger partial charge in [0.1, 0.15) is 5.82 Å². The summed E-state index contributed by atoms with van der Waals surface area (Å²) in [5.41, 5.74) is 0. The van der Waals surface area contributed by atoms with Gasteiger partial charge in [0.15, 0.2) is 5.16 Å². The molecule has 2 rings (SSSR count). The Bertz CT molecular complexity index is 612. The van der Waals surface area contributed by atoms with E-state index < -0.39 is 0 Å². The summed E-state index contributed by atoms with van der Waals surface area (Å²) in [5.74, 6) is 0.715. The minimum absolute atomic E-state index is 0.0148. The van der Waals surface area contributed by atoms with Gasteiger partial charge >= 0.3 is 0 Å². The molecule has 1 fully saturated rings. The first kappa shape index (κ1) is 20.4. The second-order valence-corrected chi connectivity index (χ2v) is 7.29. The number of nitrogens with one attached hydrogen (secondary N) is 3. The second-order valence-electron chi connectivity index (χ2n) is 6.35. The zero-order valence-electron chi connectivity index (χ0n) is 15.4. The number of hydrogen-bond donors (Lipinski definition) is 3. The van der Waals surface area contributed by atoms with Gasteiger partial charge < -0.3 is 20.1 Å². The van der Waals surface area contributed by atoms with Crippen molar-refractivity contribution in [2.45, 2.75) is 37.4 Å². The predicted octanol–water partition coefficient (Wildman–Crippen LogP) is -0.970. The number of hydrogen-bond acceptors (Lipinski definition) is 5. The van der Waals surface area contributed by atoms with Gasteiger partial charge in [0.25, 0.3) is 0 Å². The Morgan fingerprint density at radius 2 is 2.04 bits per heavy atom. The van der Waals surface area contributed by atoms with Gasteiger partial charge in [0.05, 0.1) is 38.4 Å². The SMILES string of the molecule is C=CCn1c(CC[NH+]2CCCCC2)nnc1SCC(=O)NCC(=O)NC. The average Bonchev–Trinajstić information content (AvgIpc) is 3.05. The van der Waals surface area contributed by atoms with Crippen molar-refractivity contribution in [3.05, 3.63) is 18.5 Å². The van der Waals surface area contributed by atoms with Gasteiger partial charge in [-0.25, -0.2) is 0 Å². The fraction of sp³-hybridized carbons (Fsp3) is 0.647. The molecule has 0 aromatic carbocycles. The van der Waals surface area contributed by atoms with E-state index in [1.165, 1.54) is 51.2 Å². The molecule has 1 aliphatic heterocycles. The van der Waals surface area contributed by atoms with Crippen LogP contribution in [0.3, 0.4) is 0 Å². The van der Waals surface area contributed by atoms with Crippen molar-refractivity contribution in [3.63, 3.8) is 0 Å². The highest BCUT2D eigenvalue weighted by Gasteiger charge is 2.17. The quantitative estimate of drug-likeness (QED) is 0.358. The number of carbonyl (C=O) groups excluding carboxylic acids is 2. The molecular weight excluding hydrogens is 352 g/mol. The summed E-state index contributed by atoms with van der Waals surface area (Å²) in [7, 11) is 1.54. The number of quaternary nitrogens is 1. The first-order valence-electron chi connectivity index (χ1n) is 9.10. The number of thioether (sulfide) groups is 1. The molecule has 0 bridgehead atoms. The first-order chi connectivity index (χ1) is 12.6. The van der Waals surface area contributed by atoms with E-state index in [9.17, 15) is 9.59 Å². The first-order valence-corrected chi connectivity index (χ1v) is 10.1. The Morgan fingerprint density at radius 1 is 1.27 bits per heavy atom. The van der Waals surface area contributed by atoms with Gasteiger partial charge in [0.2, 0.25) is 11.8 Å². The van der Waals surface area contributed by atoms with Crippen LogP contribution in [0.15, 0.2) is 17.8 Å². The Balaban J connectivity index is 1.87. The lowest BCUT2D eigenvalue weighted by molar-refractivity contribution is -0.904. The fourth-order valence-electron chi connectivity index (χ4n) is 2.96. The van der Waals surface area contributed by atoms with E-state index >= 15 is 0 Å². The lowest BCUT2D eigenvalue weighted by Gasteiger charge is -2.23. The largest absolute Gasteiger partial charge is 0.358 e. The summed E-state index contributed by atoms with van der Waals surface area (Å²) >= 11 is 1.33. The Hall–Kier alpha value is -1.87. The number of carbonyl (C=O) groups is 2. The summed E-state index contributed by atoms with van der Waals surface area (Å²) in [6.45, 7) is 7.96. The summed E-state index contributed by atoms with van der Waals surface area (Å²) < 4.78 is 2.02. The van der Waals surface area contributed by atoms with Crippen LogP contribution in [0.5, 0.6) is 0 Å². The van der Waals surface area contributed by atoms with Crippen molar-refractivity contribution in [1.82, 2.24) is 25.4 Å². The van der Waals surface area contributed by atoms with Crippen molar-refractivity contribution in [2.24, 2.45) is 0 Å². The van der Waals surface area contributed by atoms with Crippen molar-refractivity contribution < 1.29 is 14.5 Å². The number of aromatic nitrogens is 3. The third-order valence-corrected chi connectivity index (χ3v) is 5.39. The van der Waals surface area contributed by atoms with Gasteiger partial charge in [-0.1, -0.05) is 17.8 Å². The highest BCUT2D eigenvalue weighted by molar-refractivity contribution is 7.99. The minimum Gasteiger partial charge on any atom is -0.358 e. The lowest BCUT2D eigenvalue weighted by atomic mass is 10.1. The van der Waals surface area contributed by atoms with Crippen LogP contribution in [0, 0.1) is 0 Å². The number of allylic oxidation sites excluding steroid dienone is 1. The predicted molar refractivity (Wildman–Crippen MR) is 101 cm³/mol. The van der Waals surface area contributed by atoms with Crippen LogP contribution in [-0.2, 0) is 22.6 Å². The van der Waals surface area contributed by atoms with E-state index in [0.29, 0.717) is 11.7 Å². The maximum atomic E-state index is 11.9. The molecule has 1 aromatic heterocycles. The van der Waals surface area contributed by atoms with Crippen molar-refractivity contribution in [3.8, 4) is 0 Å². The van der Waals surface area contributed by atoms with Crippen LogP contribution in [0.4, 0.5) is 0 Å². The molecule has 0 unspecified atom stereocenters. The molecule has 1 aliphatic rings. The van der Waals surface area contributed by atoms with Crippen LogP contribution >= 0.6 is 11.8 Å². The molecule has 0 radical (unpaired) electrons. The highest BCUT2D eigenvalue weighted by atomic mass is 32.2. The lowest BCUT2D eigenvalue weighted by Crippen LogP contribution is -3.13. The standard InChI is InChI=1S/C17H28N6O2S/c1-3-8-23-14(7-11-22-9-5-4-6-10-22)20-21-17(23)26-13-16(25)19-12-15(24)18-2/h3H,1,4-13H2,2H3,(H,18,24)(H,19,25)/p+1. The third-order valence-electron chi connectivity index (χ3n) is 4.43. The number of amides is 2. The fourth-order valence-corrected chi connectivity index (χ4v) is 3.76. The number of nitrogens with zero attached hydrogens (tertiary/aromatic N) is 3. The molecule has 9 heteroatoms. The van der Waals surface area contributed by atoms with Crippen molar-refractivity contribution in [2.75, 3.05) is 39.0 Å². The maximum absolute atomic E-state index is 11.9. The number of likely N-dealkylation sites (N-methyl/N-ethyl adjacent to an activating group) is 1.